The van der Waals surface area contributed by atoms with Crippen molar-refractivity contribution in [2.45, 2.75) is 57.6 Å². The number of nitrogens with zero attached hydrogens (tertiary/aromatic N) is 1. The Balaban J connectivity index is 2.11. The largest absolute Gasteiger partial charge is 0.481 e. The van der Waals surface area contributed by atoms with Crippen LogP contribution in [0.4, 0.5) is 4.79 Å². The predicted octanol–water partition coefficient (Wildman–Crippen LogP) is 2.25. The molecule has 1 N–H and O–H groups in total. The Kier molecular flexibility index (Phi) is 3.03. The third kappa shape index (κ3) is 2.31. The molecule has 0 aromatic heterocycles. The first kappa shape index (κ1) is 13.2. The van der Waals surface area contributed by atoms with E-state index in [1.807, 2.05) is 20.8 Å². The molecular weight excluding hydrogens is 234 g/mol. The second-order valence-electron chi connectivity index (χ2n) is 6.29. The molecule has 0 radical (unpaired) electrons. The van der Waals surface area contributed by atoms with E-state index in [0.717, 1.165) is 19.3 Å². The van der Waals surface area contributed by atoms with Gasteiger partial charge in [-0.25, -0.2) is 4.79 Å². The third-order valence-corrected chi connectivity index (χ3v) is 3.74. The maximum atomic E-state index is 12.1. The van der Waals surface area contributed by atoms with Crippen molar-refractivity contribution in [1.29, 1.82) is 0 Å². The first-order chi connectivity index (χ1) is 8.26. The molecule has 2 rings (SSSR count). The molecule has 0 bridgehead atoms. The lowest BCUT2D eigenvalue weighted by Crippen LogP contribution is -2.49. The van der Waals surface area contributed by atoms with Gasteiger partial charge in [0.1, 0.15) is 5.60 Å². The van der Waals surface area contributed by atoms with Crippen LogP contribution in [0.25, 0.3) is 0 Å². The highest BCUT2D eigenvalue weighted by Crippen LogP contribution is 2.54. The number of aliphatic carboxylic acids is 1. The Labute approximate surface area is 107 Å². The molecule has 1 saturated carbocycles. The van der Waals surface area contributed by atoms with E-state index in [1.54, 1.807) is 4.90 Å². The molecule has 2 atom stereocenters. The maximum Gasteiger partial charge on any atom is 0.410 e. The van der Waals surface area contributed by atoms with Gasteiger partial charge in [0, 0.05) is 6.54 Å². The van der Waals surface area contributed by atoms with Gasteiger partial charge in [-0.2, -0.15) is 0 Å². The van der Waals surface area contributed by atoms with Crippen LogP contribution in [0.1, 0.15) is 46.5 Å². The number of amides is 1. The molecule has 5 nitrogen and oxygen atoms in total. The van der Waals surface area contributed by atoms with Crippen LogP contribution < -0.4 is 0 Å². The first-order valence-electron chi connectivity index (χ1n) is 6.50. The summed E-state index contributed by atoms with van der Waals surface area (Å²) in [6.45, 7) is 6.08. The highest BCUT2D eigenvalue weighted by atomic mass is 16.6. The van der Waals surface area contributed by atoms with Gasteiger partial charge in [0.05, 0.1) is 11.5 Å². The Morgan fingerprint density at radius 2 is 2.00 bits per heavy atom. The number of ether oxygens (including phenoxy) is 1. The molecule has 2 fully saturated rings. The topological polar surface area (TPSA) is 66.8 Å². The number of hydrogen-bond acceptors (Lipinski definition) is 3. The lowest BCUT2D eigenvalue weighted by molar-refractivity contribution is -0.139. The molecule has 1 heterocycles. The summed E-state index contributed by atoms with van der Waals surface area (Å²) in [7, 11) is 0. The van der Waals surface area contributed by atoms with Gasteiger partial charge in [0.2, 0.25) is 0 Å². The monoisotopic (exact) mass is 255 g/mol. The Morgan fingerprint density at radius 3 is 2.50 bits per heavy atom. The molecule has 2 aliphatic rings. The average molecular weight is 255 g/mol. The number of carbonyl (C=O) groups excluding carboxylic acids is 1. The highest BCUT2D eigenvalue weighted by molar-refractivity contribution is 5.79. The summed E-state index contributed by atoms with van der Waals surface area (Å²) in [6, 6.07) is 0. The second-order valence-corrected chi connectivity index (χ2v) is 6.29. The predicted molar refractivity (Wildman–Crippen MR) is 65.3 cm³/mol. The minimum atomic E-state index is -0.801. The van der Waals surface area contributed by atoms with Crippen LogP contribution in [0.5, 0.6) is 0 Å². The molecule has 1 aliphatic heterocycles. The molecule has 5 heteroatoms. The number of likely N-dealkylation sites (tertiary alicyclic amines) is 1. The molecule has 1 saturated heterocycles. The Hall–Kier alpha value is -1.26. The van der Waals surface area contributed by atoms with Gasteiger partial charge in [0.25, 0.3) is 0 Å². The molecule has 1 aliphatic carbocycles. The van der Waals surface area contributed by atoms with E-state index in [0.29, 0.717) is 13.0 Å². The van der Waals surface area contributed by atoms with Gasteiger partial charge >= 0.3 is 12.1 Å². The van der Waals surface area contributed by atoms with E-state index >= 15 is 0 Å². The molecule has 18 heavy (non-hydrogen) atoms. The van der Waals surface area contributed by atoms with Crippen LogP contribution in [0.15, 0.2) is 0 Å². The molecule has 1 amide bonds. The van der Waals surface area contributed by atoms with Gasteiger partial charge in [-0.3, -0.25) is 4.79 Å². The zero-order chi connectivity index (χ0) is 13.6. The minimum absolute atomic E-state index is 0.369. The summed E-state index contributed by atoms with van der Waals surface area (Å²) in [5, 5.41) is 9.12. The van der Waals surface area contributed by atoms with Crippen LogP contribution in [0, 0.1) is 5.92 Å². The van der Waals surface area contributed by atoms with Crippen molar-refractivity contribution in [3.63, 3.8) is 0 Å². The molecule has 1 spiro atoms. The van der Waals surface area contributed by atoms with Crippen molar-refractivity contribution in [2.24, 2.45) is 5.92 Å². The molecule has 0 aromatic rings. The van der Waals surface area contributed by atoms with Gasteiger partial charge in [-0.05, 0) is 46.5 Å². The number of hydrogen-bond donors (Lipinski definition) is 1. The van der Waals surface area contributed by atoms with Crippen LogP contribution in [0.3, 0.4) is 0 Å². The van der Waals surface area contributed by atoms with Gasteiger partial charge < -0.3 is 14.7 Å². The van der Waals surface area contributed by atoms with Crippen molar-refractivity contribution < 1.29 is 19.4 Å². The summed E-state index contributed by atoms with van der Waals surface area (Å²) >= 11 is 0. The van der Waals surface area contributed by atoms with E-state index in [-0.39, 0.29) is 6.09 Å². The molecule has 0 aromatic carbocycles. The van der Waals surface area contributed by atoms with Crippen LogP contribution in [-0.4, -0.2) is 39.8 Å². The fourth-order valence-electron chi connectivity index (χ4n) is 2.84. The van der Waals surface area contributed by atoms with Gasteiger partial charge in [-0.1, -0.05) is 0 Å². The standard InChI is InChI=1S/C13H21NO4/c1-12(2,3)18-11(17)14-7-5-4-6-13(14)8-9(13)10(15)16/h9H,4-8H2,1-3H3,(H,15,16)/t9-,13-/m1/s1. The fraction of sp³-hybridized carbons (Fsp3) is 0.846. The number of carboxylic acids is 1. The number of rotatable bonds is 1. The third-order valence-electron chi connectivity index (χ3n) is 3.74. The second kappa shape index (κ2) is 4.14. The van der Waals surface area contributed by atoms with Crippen molar-refractivity contribution in [3.05, 3.63) is 0 Å². The Bertz CT molecular complexity index is 374. The SMILES string of the molecule is CC(C)(C)OC(=O)N1CCCC[C@]12C[C@@H]2C(=O)O. The summed E-state index contributed by atoms with van der Waals surface area (Å²) in [5.74, 6) is -1.21. The minimum Gasteiger partial charge on any atom is -0.481 e. The number of piperidine rings is 1. The highest BCUT2D eigenvalue weighted by Gasteiger charge is 2.64. The lowest BCUT2D eigenvalue weighted by atomic mass is 9.98. The summed E-state index contributed by atoms with van der Waals surface area (Å²) in [4.78, 5) is 24.9. The summed E-state index contributed by atoms with van der Waals surface area (Å²) < 4.78 is 5.37. The summed E-state index contributed by atoms with van der Waals surface area (Å²) in [5.41, 5.74) is -1.00. The van der Waals surface area contributed by atoms with Crippen molar-refractivity contribution >= 4 is 12.1 Å². The van der Waals surface area contributed by atoms with Crippen LogP contribution in [0.2, 0.25) is 0 Å². The van der Waals surface area contributed by atoms with Crippen LogP contribution >= 0.6 is 0 Å². The molecule has 102 valence electrons. The van der Waals surface area contributed by atoms with Crippen molar-refractivity contribution in [2.75, 3.05) is 6.54 Å². The Morgan fingerprint density at radius 1 is 1.33 bits per heavy atom. The normalized spacial score (nSPS) is 31.3. The van der Waals surface area contributed by atoms with E-state index in [2.05, 4.69) is 0 Å². The van der Waals surface area contributed by atoms with E-state index in [4.69, 9.17) is 9.84 Å². The zero-order valence-electron chi connectivity index (χ0n) is 11.2. The van der Waals surface area contributed by atoms with Gasteiger partial charge in [0.15, 0.2) is 0 Å². The quantitative estimate of drug-likeness (QED) is 0.780. The number of carbonyl (C=O) groups is 2. The van der Waals surface area contributed by atoms with Crippen molar-refractivity contribution in [1.82, 2.24) is 4.90 Å². The maximum absolute atomic E-state index is 12.1. The smallest absolute Gasteiger partial charge is 0.410 e. The first-order valence-corrected chi connectivity index (χ1v) is 6.50. The fourth-order valence-corrected chi connectivity index (χ4v) is 2.84. The van der Waals surface area contributed by atoms with Crippen molar-refractivity contribution in [3.8, 4) is 0 Å². The number of carboxylic acid groups (broad SMARTS) is 1. The molecule has 0 unspecified atom stereocenters. The summed E-state index contributed by atoms with van der Waals surface area (Å²) in [6.07, 6.45) is 2.90. The van der Waals surface area contributed by atoms with E-state index in [1.165, 1.54) is 0 Å². The van der Waals surface area contributed by atoms with E-state index in [9.17, 15) is 9.59 Å². The lowest BCUT2D eigenvalue weighted by Gasteiger charge is -2.37. The van der Waals surface area contributed by atoms with E-state index < -0.39 is 23.0 Å². The zero-order valence-corrected chi connectivity index (χ0v) is 11.2. The van der Waals surface area contributed by atoms with Crippen LogP contribution in [-0.2, 0) is 9.53 Å². The van der Waals surface area contributed by atoms with Gasteiger partial charge in [-0.15, -0.1) is 0 Å². The average Bonchev–Trinajstić information content (AvgIpc) is 2.91. The molecular formula is C13H21NO4.